The Balaban J connectivity index is 2.08. The van der Waals surface area contributed by atoms with Crippen molar-refractivity contribution >= 4 is 6.08 Å². The van der Waals surface area contributed by atoms with E-state index >= 15 is 0 Å². The van der Waals surface area contributed by atoms with Crippen molar-refractivity contribution in [3.05, 3.63) is 77.9 Å². The van der Waals surface area contributed by atoms with Gasteiger partial charge in [-0.1, -0.05) is 106 Å². The second-order valence-electron chi connectivity index (χ2n) is 7.17. The van der Waals surface area contributed by atoms with Gasteiger partial charge in [-0.3, -0.25) is 4.84 Å². The van der Waals surface area contributed by atoms with Crippen LogP contribution in [-0.2, 0) is 4.84 Å². The Labute approximate surface area is 159 Å². The van der Waals surface area contributed by atoms with Gasteiger partial charge >= 0.3 is 0 Å². The van der Waals surface area contributed by atoms with E-state index in [0.717, 1.165) is 25.7 Å². The van der Waals surface area contributed by atoms with Crippen molar-refractivity contribution in [3.63, 3.8) is 0 Å². The quantitative estimate of drug-likeness (QED) is 0.454. The zero-order valence-corrected chi connectivity index (χ0v) is 16.4. The van der Waals surface area contributed by atoms with Gasteiger partial charge in [0.25, 0.3) is 0 Å². The summed E-state index contributed by atoms with van der Waals surface area (Å²) in [7, 11) is 0. The monoisotopic (exact) mass is 351 g/mol. The van der Waals surface area contributed by atoms with E-state index in [9.17, 15) is 0 Å². The van der Waals surface area contributed by atoms with Gasteiger partial charge in [-0.15, -0.1) is 0 Å². The topological polar surface area (TPSA) is 21.3 Å². The fourth-order valence-electron chi connectivity index (χ4n) is 2.99. The van der Waals surface area contributed by atoms with Crippen LogP contribution in [0.25, 0.3) is 6.08 Å². The zero-order chi connectivity index (χ0) is 18.7. The average Bonchev–Trinajstić information content (AvgIpc) is 2.70. The van der Waals surface area contributed by atoms with Gasteiger partial charge < -0.3 is 0 Å². The second-order valence-corrected chi connectivity index (χ2v) is 7.17. The first-order chi connectivity index (χ1) is 12.7. The number of nitrogens with one attached hydrogen (secondary N) is 1. The third kappa shape index (κ3) is 6.78. The Morgan fingerprint density at radius 1 is 0.962 bits per heavy atom. The molecule has 0 aliphatic heterocycles. The van der Waals surface area contributed by atoms with E-state index in [1.54, 1.807) is 0 Å². The smallest absolute Gasteiger partial charge is 0.104 e. The number of benzene rings is 2. The fourth-order valence-corrected chi connectivity index (χ4v) is 2.99. The summed E-state index contributed by atoms with van der Waals surface area (Å²) in [6.07, 6.45) is 9.97. The molecule has 0 heterocycles. The van der Waals surface area contributed by atoms with Crippen molar-refractivity contribution in [1.82, 2.24) is 5.48 Å². The third-order valence-corrected chi connectivity index (χ3v) is 4.65. The third-order valence-electron chi connectivity index (χ3n) is 4.65. The van der Waals surface area contributed by atoms with Crippen molar-refractivity contribution in [2.24, 2.45) is 0 Å². The van der Waals surface area contributed by atoms with Gasteiger partial charge in [-0.25, -0.2) is 0 Å². The van der Waals surface area contributed by atoms with Crippen LogP contribution in [0.15, 0.2) is 66.7 Å². The summed E-state index contributed by atoms with van der Waals surface area (Å²) in [5.41, 5.74) is 5.65. The SMILES string of the molecule is CCCC[C@](C)(/C=C/c1ccccc1)NO[C@H](CCC)c1ccccc1. The Morgan fingerprint density at radius 3 is 2.23 bits per heavy atom. The molecule has 0 saturated heterocycles. The molecule has 2 heteroatoms. The number of hydrogen-bond donors (Lipinski definition) is 1. The van der Waals surface area contributed by atoms with E-state index in [1.165, 1.54) is 17.5 Å². The Bertz CT molecular complexity index is 638. The molecule has 0 saturated carbocycles. The maximum atomic E-state index is 6.22. The van der Waals surface area contributed by atoms with Crippen molar-refractivity contribution < 1.29 is 4.84 Å². The maximum absolute atomic E-state index is 6.22. The molecule has 0 spiro atoms. The highest BCUT2D eigenvalue weighted by Gasteiger charge is 2.23. The van der Waals surface area contributed by atoms with Crippen LogP contribution < -0.4 is 5.48 Å². The molecule has 0 fully saturated rings. The number of rotatable bonds is 11. The molecule has 2 aromatic carbocycles. The van der Waals surface area contributed by atoms with E-state index in [0.29, 0.717) is 0 Å². The molecule has 0 aliphatic carbocycles. The lowest BCUT2D eigenvalue weighted by molar-refractivity contribution is -0.0656. The predicted octanol–water partition coefficient (Wildman–Crippen LogP) is 6.71. The number of hydrogen-bond acceptors (Lipinski definition) is 2. The Kier molecular flexibility index (Phi) is 8.60. The van der Waals surface area contributed by atoms with Crippen molar-refractivity contribution in [2.45, 2.75) is 64.5 Å². The molecule has 0 aliphatic rings. The normalized spacial score (nSPS) is 15.0. The van der Waals surface area contributed by atoms with Crippen LogP contribution in [0.4, 0.5) is 0 Å². The standard InChI is InChI=1S/C24H33NO/c1-4-6-19-24(3,20-18-21-14-9-7-10-15-21)25-26-23(13-5-2)22-16-11-8-12-17-22/h7-12,14-18,20,23,25H,4-6,13,19H2,1-3H3/b20-18+/t23-,24-/m1/s1. The van der Waals surface area contributed by atoms with Gasteiger partial charge in [-0.05, 0) is 30.9 Å². The first-order valence-corrected chi connectivity index (χ1v) is 9.89. The zero-order valence-electron chi connectivity index (χ0n) is 16.4. The molecule has 0 aromatic heterocycles. The summed E-state index contributed by atoms with van der Waals surface area (Å²) in [4.78, 5) is 6.22. The summed E-state index contributed by atoms with van der Waals surface area (Å²) in [6.45, 7) is 6.65. The van der Waals surface area contributed by atoms with Crippen molar-refractivity contribution in [1.29, 1.82) is 0 Å². The Morgan fingerprint density at radius 2 is 1.62 bits per heavy atom. The highest BCUT2D eigenvalue weighted by molar-refractivity contribution is 5.50. The first-order valence-electron chi connectivity index (χ1n) is 9.89. The first kappa shape index (κ1) is 20.4. The van der Waals surface area contributed by atoms with Gasteiger partial charge in [0.1, 0.15) is 6.10 Å². The van der Waals surface area contributed by atoms with Crippen LogP contribution in [0.3, 0.4) is 0 Å². The highest BCUT2D eigenvalue weighted by atomic mass is 16.7. The highest BCUT2D eigenvalue weighted by Crippen LogP contribution is 2.25. The van der Waals surface area contributed by atoms with E-state index in [4.69, 9.17) is 4.84 Å². The van der Waals surface area contributed by atoms with E-state index in [-0.39, 0.29) is 11.6 Å². The van der Waals surface area contributed by atoms with Crippen LogP contribution in [0.5, 0.6) is 0 Å². The van der Waals surface area contributed by atoms with Crippen LogP contribution in [-0.4, -0.2) is 5.54 Å². The van der Waals surface area contributed by atoms with E-state index in [1.807, 2.05) is 12.1 Å². The summed E-state index contributed by atoms with van der Waals surface area (Å²) >= 11 is 0. The summed E-state index contributed by atoms with van der Waals surface area (Å²) < 4.78 is 0. The largest absolute Gasteiger partial charge is 0.293 e. The van der Waals surface area contributed by atoms with E-state index < -0.39 is 0 Å². The lowest BCUT2D eigenvalue weighted by Gasteiger charge is -2.30. The molecule has 2 nitrogen and oxygen atoms in total. The maximum Gasteiger partial charge on any atom is 0.104 e. The molecular formula is C24H33NO. The molecule has 0 radical (unpaired) electrons. The molecule has 0 unspecified atom stereocenters. The number of unbranched alkanes of at least 4 members (excludes halogenated alkanes) is 1. The molecule has 0 amide bonds. The summed E-state index contributed by atoms with van der Waals surface area (Å²) in [5, 5.41) is 0. The van der Waals surface area contributed by atoms with Gasteiger partial charge in [-0.2, -0.15) is 5.48 Å². The van der Waals surface area contributed by atoms with Gasteiger partial charge in [0.05, 0.1) is 5.54 Å². The van der Waals surface area contributed by atoms with Crippen LogP contribution in [0, 0.1) is 0 Å². The molecule has 1 N–H and O–H groups in total. The van der Waals surface area contributed by atoms with Crippen LogP contribution in [0.2, 0.25) is 0 Å². The van der Waals surface area contributed by atoms with Gasteiger partial charge in [0.2, 0.25) is 0 Å². The summed E-state index contributed by atoms with van der Waals surface area (Å²) in [5.74, 6) is 0. The fraction of sp³-hybridized carbons (Fsp3) is 0.417. The summed E-state index contributed by atoms with van der Waals surface area (Å²) in [6, 6.07) is 20.9. The molecule has 2 rings (SSSR count). The van der Waals surface area contributed by atoms with Crippen molar-refractivity contribution in [3.8, 4) is 0 Å². The van der Waals surface area contributed by atoms with Gasteiger partial charge in [0, 0.05) is 0 Å². The van der Waals surface area contributed by atoms with Crippen LogP contribution >= 0.6 is 0 Å². The lowest BCUT2D eigenvalue weighted by Crippen LogP contribution is -2.41. The van der Waals surface area contributed by atoms with Crippen LogP contribution in [0.1, 0.15) is 70.1 Å². The van der Waals surface area contributed by atoms with Gasteiger partial charge in [0.15, 0.2) is 0 Å². The van der Waals surface area contributed by atoms with Crippen molar-refractivity contribution in [2.75, 3.05) is 0 Å². The van der Waals surface area contributed by atoms with E-state index in [2.05, 4.69) is 86.9 Å². The Hall–Kier alpha value is -1.90. The minimum Gasteiger partial charge on any atom is -0.293 e. The molecule has 140 valence electrons. The number of hydroxylamine groups is 1. The minimum absolute atomic E-state index is 0.0762. The molecule has 2 atom stereocenters. The molecule has 2 aromatic rings. The predicted molar refractivity (Wildman–Crippen MR) is 112 cm³/mol. The minimum atomic E-state index is -0.188. The lowest BCUT2D eigenvalue weighted by atomic mass is 9.94. The second kappa shape index (κ2) is 10.9. The molecule has 26 heavy (non-hydrogen) atoms. The average molecular weight is 352 g/mol. The molecule has 0 bridgehead atoms. The molecular weight excluding hydrogens is 318 g/mol.